The number of hydrogen-bond donors (Lipinski definition) is 1. The van der Waals surface area contributed by atoms with Crippen LogP contribution in [0.15, 0.2) is 12.2 Å². The lowest BCUT2D eigenvalue weighted by Crippen LogP contribution is -2.59. The van der Waals surface area contributed by atoms with Crippen molar-refractivity contribution >= 4 is 0 Å². The third-order valence-corrected chi connectivity index (χ3v) is 5.96. The predicted molar refractivity (Wildman–Crippen MR) is 77.5 cm³/mol. The molecule has 2 aliphatic carbocycles. The van der Waals surface area contributed by atoms with Gasteiger partial charge in [-0.1, -0.05) is 38.8 Å². The Morgan fingerprint density at radius 2 is 2.17 bits per heavy atom. The monoisotopic (exact) mass is 247 g/mol. The smallest absolute Gasteiger partial charge is 0.0398 e. The largest absolute Gasteiger partial charge is 0.308 e. The van der Waals surface area contributed by atoms with Gasteiger partial charge in [-0.3, -0.25) is 0 Å². The fourth-order valence-corrected chi connectivity index (χ4v) is 5.26. The summed E-state index contributed by atoms with van der Waals surface area (Å²) in [6.07, 6.45) is 14.9. The topological polar surface area (TPSA) is 12.0 Å². The summed E-state index contributed by atoms with van der Waals surface area (Å²) in [6, 6.07) is 0. The molecule has 3 aliphatic rings. The minimum atomic E-state index is 0.374. The maximum absolute atomic E-state index is 3.91. The van der Waals surface area contributed by atoms with Gasteiger partial charge in [0.25, 0.3) is 0 Å². The van der Waals surface area contributed by atoms with Crippen molar-refractivity contribution in [2.24, 2.45) is 23.7 Å². The molecule has 1 saturated heterocycles. The Kier molecular flexibility index (Phi) is 3.53. The summed E-state index contributed by atoms with van der Waals surface area (Å²) in [6.45, 7) is 6.14. The molecule has 5 atom stereocenters. The number of hydrogen-bond acceptors (Lipinski definition) is 1. The maximum Gasteiger partial charge on any atom is 0.0398 e. The molecule has 1 heteroatoms. The standard InChI is InChI=1S/C17H29N/c1-3-14-11-13(2)16-15(12-14)7-6-9-17(16)8-4-5-10-18-17/h6,9,13-16,18H,3-5,7-8,10-12H2,1-2H3. The Balaban J connectivity index is 1.85. The molecule has 0 aromatic rings. The van der Waals surface area contributed by atoms with Gasteiger partial charge >= 0.3 is 0 Å². The first-order valence-corrected chi connectivity index (χ1v) is 8.18. The van der Waals surface area contributed by atoms with E-state index in [1.54, 1.807) is 0 Å². The van der Waals surface area contributed by atoms with E-state index in [9.17, 15) is 0 Å². The summed E-state index contributed by atoms with van der Waals surface area (Å²) in [5.41, 5.74) is 0.374. The molecule has 1 spiro atoms. The molecule has 102 valence electrons. The van der Waals surface area contributed by atoms with E-state index < -0.39 is 0 Å². The second-order valence-corrected chi connectivity index (χ2v) is 7.07. The Hall–Kier alpha value is -0.300. The third-order valence-electron chi connectivity index (χ3n) is 5.96. The first-order chi connectivity index (χ1) is 8.75. The molecule has 0 bridgehead atoms. The highest BCUT2D eigenvalue weighted by Crippen LogP contribution is 2.50. The number of piperidine rings is 1. The first kappa shape index (κ1) is 12.7. The zero-order valence-electron chi connectivity index (χ0n) is 12.1. The van der Waals surface area contributed by atoms with Crippen molar-refractivity contribution in [1.82, 2.24) is 5.32 Å². The normalized spacial score (nSPS) is 48.1. The van der Waals surface area contributed by atoms with Crippen LogP contribution in [-0.4, -0.2) is 12.1 Å². The van der Waals surface area contributed by atoms with Crippen molar-refractivity contribution in [3.63, 3.8) is 0 Å². The second kappa shape index (κ2) is 5.00. The van der Waals surface area contributed by atoms with Crippen LogP contribution in [0.1, 0.15) is 58.8 Å². The summed E-state index contributed by atoms with van der Waals surface area (Å²) in [5.74, 6) is 3.76. The molecular formula is C17H29N. The van der Waals surface area contributed by atoms with Crippen LogP contribution in [0.4, 0.5) is 0 Å². The number of nitrogens with one attached hydrogen (secondary N) is 1. The minimum absolute atomic E-state index is 0.374. The zero-order chi connectivity index (χ0) is 12.6. The van der Waals surface area contributed by atoms with Crippen LogP contribution in [0, 0.1) is 23.7 Å². The van der Waals surface area contributed by atoms with Gasteiger partial charge in [-0.2, -0.15) is 0 Å². The van der Waals surface area contributed by atoms with E-state index in [1.165, 1.54) is 51.5 Å². The highest BCUT2D eigenvalue weighted by atomic mass is 15.0. The van der Waals surface area contributed by atoms with Gasteiger partial charge in [0, 0.05) is 5.54 Å². The Bertz CT molecular complexity index is 314. The molecule has 0 aromatic heterocycles. The van der Waals surface area contributed by atoms with E-state index in [-0.39, 0.29) is 0 Å². The van der Waals surface area contributed by atoms with Gasteiger partial charge in [0.2, 0.25) is 0 Å². The first-order valence-electron chi connectivity index (χ1n) is 8.18. The van der Waals surface area contributed by atoms with Crippen LogP contribution in [0.5, 0.6) is 0 Å². The third kappa shape index (κ3) is 2.05. The molecule has 1 saturated carbocycles. The van der Waals surface area contributed by atoms with Crippen LogP contribution in [0.3, 0.4) is 0 Å². The lowest BCUT2D eigenvalue weighted by Gasteiger charge is -2.54. The molecule has 0 aromatic carbocycles. The molecule has 1 heterocycles. The molecular weight excluding hydrogens is 218 g/mol. The SMILES string of the molecule is CCC1CC(C)C2C(CC=CC23CCCCN3)C1. The van der Waals surface area contributed by atoms with E-state index in [0.29, 0.717) is 5.54 Å². The number of rotatable bonds is 1. The van der Waals surface area contributed by atoms with E-state index in [4.69, 9.17) is 0 Å². The van der Waals surface area contributed by atoms with Gasteiger partial charge in [-0.25, -0.2) is 0 Å². The van der Waals surface area contributed by atoms with E-state index in [0.717, 1.165) is 23.7 Å². The lowest BCUT2D eigenvalue weighted by molar-refractivity contribution is 0.0301. The Labute approximate surface area is 112 Å². The number of allylic oxidation sites excluding steroid dienone is 1. The van der Waals surface area contributed by atoms with Crippen LogP contribution >= 0.6 is 0 Å². The average molecular weight is 247 g/mol. The minimum Gasteiger partial charge on any atom is -0.308 e. The quantitative estimate of drug-likeness (QED) is 0.686. The molecule has 5 unspecified atom stereocenters. The predicted octanol–water partition coefficient (Wildman–Crippen LogP) is 4.15. The average Bonchev–Trinajstić information content (AvgIpc) is 2.39. The van der Waals surface area contributed by atoms with Crippen molar-refractivity contribution < 1.29 is 0 Å². The fourth-order valence-electron chi connectivity index (χ4n) is 5.26. The zero-order valence-corrected chi connectivity index (χ0v) is 12.1. The van der Waals surface area contributed by atoms with Crippen molar-refractivity contribution in [3.05, 3.63) is 12.2 Å². The van der Waals surface area contributed by atoms with E-state index in [1.807, 2.05) is 0 Å². The van der Waals surface area contributed by atoms with Gasteiger partial charge in [0.05, 0.1) is 0 Å². The molecule has 3 rings (SSSR count). The lowest BCUT2D eigenvalue weighted by atomic mass is 9.56. The molecule has 2 fully saturated rings. The van der Waals surface area contributed by atoms with Crippen molar-refractivity contribution in [1.29, 1.82) is 0 Å². The van der Waals surface area contributed by atoms with Crippen molar-refractivity contribution in [2.75, 3.05) is 6.54 Å². The summed E-state index contributed by atoms with van der Waals surface area (Å²) < 4.78 is 0. The molecule has 0 radical (unpaired) electrons. The van der Waals surface area contributed by atoms with Crippen LogP contribution in [0.2, 0.25) is 0 Å². The highest BCUT2D eigenvalue weighted by Gasteiger charge is 2.48. The van der Waals surface area contributed by atoms with Crippen LogP contribution in [-0.2, 0) is 0 Å². The van der Waals surface area contributed by atoms with E-state index in [2.05, 4.69) is 31.3 Å². The van der Waals surface area contributed by atoms with Gasteiger partial charge in [0.1, 0.15) is 0 Å². The summed E-state index contributed by atoms with van der Waals surface area (Å²) >= 11 is 0. The van der Waals surface area contributed by atoms with Gasteiger partial charge < -0.3 is 5.32 Å². The van der Waals surface area contributed by atoms with Crippen LogP contribution in [0.25, 0.3) is 0 Å². The second-order valence-electron chi connectivity index (χ2n) is 7.07. The molecule has 1 aliphatic heterocycles. The maximum atomic E-state index is 3.91. The Morgan fingerprint density at radius 1 is 1.28 bits per heavy atom. The molecule has 0 amide bonds. The molecule has 1 N–H and O–H groups in total. The van der Waals surface area contributed by atoms with E-state index >= 15 is 0 Å². The molecule has 1 nitrogen and oxygen atoms in total. The van der Waals surface area contributed by atoms with Gasteiger partial charge in [-0.15, -0.1) is 0 Å². The van der Waals surface area contributed by atoms with Crippen LogP contribution < -0.4 is 5.32 Å². The fraction of sp³-hybridized carbons (Fsp3) is 0.882. The van der Waals surface area contributed by atoms with Gasteiger partial charge in [-0.05, 0) is 62.3 Å². The number of fused-ring (bicyclic) bond motifs is 2. The van der Waals surface area contributed by atoms with Crippen molar-refractivity contribution in [3.8, 4) is 0 Å². The van der Waals surface area contributed by atoms with Crippen molar-refractivity contribution in [2.45, 2.75) is 64.3 Å². The molecule has 18 heavy (non-hydrogen) atoms. The van der Waals surface area contributed by atoms with Gasteiger partial charge in [0.15, 0.2) is 0 Å². The summed E-state index contributed by atoms with van der Waals surface area (Å²) in [7, 11) is 0. The Morgan fingerprint density at radius 3 is 2.89 bits per heavy atom. The highest BCUT2D eigenvalue weighted by molar-refractivity contribution is 5.18. The summed E-state index contributed by atoms with van der Waals surface area (Å²) in [4.78, 5) is 0. The summed E-state index contributed by atoms with van der Waals surface area (Å²) in [5, 5.41) is 3.91.